The van der Waals surface area contributed by atoms with Gasteiger partial charge in [0.15, 0.2) is 18.1 Å². The van der Waals surface area contributed by atoms with Gasteiger partial charge in [-0.25, -0.2) is 5.10 Å². The molecule has 2 heterocycles. The van der Waals surface area contributed by atoms with Gasteiger partial charge in [-0.1, -0.05) is 12.1 Å². The van der Waals surface area contributed by atoms with Crippen LogP contribution in [0.1, 0.15) is 10.5 Å². The standard InChI is InChI=1S/C18H20N4O5/c1-26-14-4-2-3-5-15(14)27-12-17(24)21-8-10-22(11-9-21)18(25)13-6-7-16(23)20-19-13/h2-7H,8-12H2,1H3,(H,20,23). The number of H-pyrrole nitrogens is 1. The van der Waals surface area contributed by atoms with E-state index in [-0.39, 0.29) is 29.7 Å². The van der Waals surface area contributed by atoms with Gasteiger partial charge in [0.05, 0.1) is 7.11 Å². The second kappa shape index (κ2) is 8.35. The maximum atomic E-state index is 12.4. The summed E-state index contributed by atoms with van der Waals surface area (Å²) in [5.74, 6) is 0.638. The van der Waals surface area contributed by atoms with Crippen molar-refractivity contribution in [3.63, 3.8) is 0 Å². The van der Waals surface area contributed by atoms with Crippen molar-refractivity contribution in [3.8, 4) is 11.5 Å². The molecule has 1 saturated heterocycles. The highest BCUT2D eigenvalue weighted by Crippen LogP contribution is 2.25. The molecule has 9 heteroatoms. The summed E-state index contributed by atoms with van der Waals surface area (Å²) in [4.78, 5) is 39.0. The molecule has 1 aromatic heterocycles. The molecule has 1 N–H and O–H groups in total. The summed E-state index contributed by atoms with van der Waals surface area (Å²) in [7, 11) is 1.54. The van der Waals surface area contributed by atoms with Crippen LogP contribution < -0.4 is 15.0 Å². The Labute approximate surface area is 155 Å². The summed E-state index contributed by atoms with van der Waals surface area (Å²) in [5, 5.41) is 5.99. The molecule has 0 bridgehead atoms. The molecule has 0 spiro atoms. The van der Waals surface area contributed by atoms with Crippen molar-refractivity contribution < 1.29 is 19.1 Å². The molecule has 0 radical (unpaired) electrons. The van der Waals surface area contributed by atoms with Gasteiger partial charge in [0, 0.05) is 32.2 Å². The lowest BCUT2D eigenvalue weighted by molar-refractivity contribution is -0.134. The van der Waals surface area contributed by atoms with E-state index in [1.165, 1.54) is 19.2 Å². The van der Waals surface area contributed by atoms with Gasteiger partial charge in [-0.05, 0) is 18.2 Å². The fraction of sp³-hybridized carbons (Fsp3) is 0.333. The zero-order valence-electron chi connectivity index (χ0n) is 14.9. The quantitative estimate of drug-likeness (QED) is 0.801. The zero-order valence-corrected chi connectivity index (χ0v) is 14.9. The number of hydrogen-bond donors (Lipinski definition) is 1. The van der Waals surface area contributed by atoms with E-state index < -0.39 is 0 Å². The molecule has 1 aliphatic rings. The van der Waals surface area contributed by atoms with Crippen LogP contribution in [-0.4, -0.2) is 71.7 Å². The van der Waals surface area contributed by atoms with Crippen LogP contribution in [0.3, 0.4) is 0 Å². The van der Waals surface area contributed by atoms with E-state index in [0.29, 0.717) is 37.7 Å². The number of aromatic nitrogens is 2. The Bertz CT molecular complexity index is 854. The molecule has 9 nitrogen and oxygen atoms in total. The lowest BCUT2D eigenvalue weighted by Gasteiger charge is -2.34. The number of para-hydroxylation sites is 2. The second-order valence-electron chi connectivity index (χ2n) is 5.92. The number of carbonyl (C=O) groups excluding carboxylic acids is 2. The Balaban J connectivity index is 1.51. The first-order chi connectivity index (χ1) is 13.1. The molecular weight excluding hydrogens is 352 g/mol. The number of rotatable bonds is 5. The third-order valence-corrected chi connectivity index (χ3v) is 4.24. The van der Waals surface area contributed by atoms with Crippen molar-refractivity contribution in [2.75, 3.05) is 39.9 Å². The first-order valence-corrected chi connectivity index (χ1v) is 8.47. The van der Waals surface area contributed by atoms with Crippen molar-refractivity contribution in [2.45, 2.75) is 0 Å². The van der Waals surface area contributed by atoms with E-state index in [0.717, 1.165) is 0 Å². The maximum absolute atomic E-state index is 12.4. The number of ether oxygens (including phenoxy) is 2. The van der Waals surface area contributed by atoms with E-state index in [2.05, 4.69) is 10.2 Å². The largest absolute Gasteiger partial charge is 0.493 e. The molecule has 0 unspecified atom stereocenters. The second-order valence-corrected chi connectivity index (χ2v) is 5.92. The van der Waals surface area contributed by atoms with Crippen LogP contribution in [0, 0.1) is 0 Å². The van der Waals surface area contributed by atoms with Gasteiger partial charge in [0.2, 0.25) is 0 Å². The number of methoxy groups -OCH3 is 1. The fourth-order valence-corrected chi connectivity index (χ4v) is 2.75. The molecule has 27 heavy (non-hydrogen) atoms. The first kappa shape index (κ1) is 18.4. The Hall–Kier alpha value is -3.36. The minimum Gasteiger partial charge on any atom is -0.493 e. The van der Waals surface area contributed by atoms with Crippen molar-refractivity contribution in [3.05, 3.63) is 52.4 Å². The van der Waals surface area contributed by atoms with Crippen molar-refractivity contribution in [1.29, 1.82) is 0 Å². The van der Waals surface area contributed by atoms with Crippen molar-refractivity contribution in [2.24, 2.45) is 0 Å². The third-order valence-electron chi connectivity index (χ3n) is 4.24. The van der Waals surface area contributed by atoms with Crippen molar-refractivity contribution >= 4 is 11.8 Å². The predicted molar refractivity (Wildman–Crippen MR) is 95.8 cm³/mol. The molecule has 1 aliphatic heterocycles. The van der Waals surface area contributed by atoms with Crippen LogP contribution in [0.2, 0.25) is 0 Å². The minimum atomic E-state index is -0.364. The van der Waals surface area contributed by atoms with E-state index >= 15 is 0 Å². The SMILES string of the molecule is COc1ccccc1OCC(=O)N1CCN(C(=O)c2ccc(=O)[nH]n2)CC1. The third kappa shape index (κ3) is 4.43. The zero-order chi connectivity index (χ0) is 19.2. The molecule has 1 fully saturated rings. The van der Waals surface area contributed by atoms with Gasteiger partial charge in [-0.3, -0.25) is 14.4 Å². The Morgan fingerprint density at radius 2 is 1.70 bits per heavy atom. The minimum absolute atomic E-state index is 0.101. The number of benzene rings is 1. The number of carbonyl (C=O) groups is 2. The summed E-state index contributed by atoms with van der Waals surface area (Å²) in [6, 6.07) is 9.77. The van der Waals surface area contributed by atoms with Crippen LogP contribution in [0.15, 0.2) is 41.2 Å². The van der Waals surface area contributed by atoms with Crippen LogP contribution in [-0.2, 0) is 4.79 Å². The summed E-state index contributed by atoms with van der Waals surface area (Å²) in [6.45, 7) is 1.49. The smallest absolute Gasteiger partial charge is 0.274 e. The van der Waals surface area contributed by atoms with Gasteiger partial charge >= 0.3 is 0 Å². The Morgan fingerprint density at radius 1 is 1.04 bits per heavy atom. The van der Waals surface area contributed by atoms with Gasteiger partial charge < -0.3 is 19.3 Å². The van der Waals surface area contributed by atoms with Crippen LogP contribution in [0.4, 0.5) is 0 Å². The molecule has 0 aliphatic carbocycles. The van der Waals surface area contributed by atoms with Gasteiger partial charge in [-0.15, -0.1) is 0 Å². The molecule has 2 aromatic rings. The number of hydrogen-bond acceptors (Lipinski definition) is 6. The topological polar surface area (TPSA) is 105 Å². The highest BCUT2D eigenvalue weighted by atomic mass is 16.5. The van der Waals surface area contributed by atoms with Crippen molar-refractivity contribution in [1.82, 2.24) is 20.0 Å². The summed E-state index contributed by atoms with van der Waals surface area (Å²) >= 11 is 0. The fourth-order valence-electron chi connectivity index (χ4n) is 2.75. The molecule has 142 valence electrons. The van der Waals surface area contributed by atoms with Gasteiger partial charge in [0.25, 0.3) is 17.4 Å². The predicted octanol–water partition coefficient (Wildman–Crippen LogP) is 0.142. The lowest BCUT2D eigenvalue weighted by atomic mass is 10.2. The normalized spacial score (nSPS) is 14.0. The number of piperazine rings is 1. The van der Waals surface area contributed by atoms with E-state index in [1.807, 2.05) is 6.07 Å². The number of amides is 2. The van der Waals surface area contributed by atoms with E-state index in [4.69, 9.17) is 9.47 Å². The van der Waals surface area contributed by atoms with Crippen LogP contribution >= 0.6 is 0 Å². The summed E-state index contributed by atoms with van der Waals surface area (Å²) in [5.41, 5.74) is -0.189. The van der Waals surface area contributed by atoms with Gasteiger partial charge in [0.1, 0.15) is 5.69 Å². The molecule has 0 saturated carbocycles. The highest BCUT2D eigenvalue weighted by molar-refractivity contribution is 5.92. The maximum Gasteiger partial charge on any atom is 0.274 e. The molecule has 1 aromatic carbocycles. The Kier molecular flexibility index (Phi) is 5.70. The molecule has 2 amide bonds. The molecule has 3 rings (SSSR count). The molecular formula is C18H20N4O5. The van der Waals surface area contributed by atoms with E-state index in [9.17, 15) is 14.4 Å². The highest BCUT2D eigenvalue weighted by Gasteiger charge is 2.26. The lowest BCUT2D eigenvalue weighted by Crippen LogP contribution is -2.51. The molecule has 0 atom stereocenters. The Morgan fingerprint density at radius 3 is 2.33 bits per heavy atom. The number of nitrogens with zero attached hydrogens (tertiary/aromatic N) is 3. The average molecular weight is 372 g/mol. The number of aromatic amines is 1. The summed E-state index contributed by atoms with van der Waals surface area (Å²) in [6.07, 6.45) is 0. The average Bonchev–Trinajstić information content (AvgIpc) is 2.72. The monoisotopic (exact) mass is 372 g/mol. The van der Waals surface area contributed by atoms with Crippen LogP contribution in [0.5, 0.6) is 11.5 Å². The van der Waals surface area contributed by atoms with Crippen LogP contribution in [0.25, 0.3) is 0 Å². The first-order valence-electron chi connectivity index (χ1n) is 8.47. The van der Waals surface area contributed by atoms with Gasteiger partial charge in [-0.2, -0.15) is 5.10 Å². The summed E-state index contributed by atoms with van der Waals surface area (Å²) < 4.78 is 10.7. The number of nitrogens with one attached hydrogen (secondary N) is 1. The van der Waals surface area contributed by atoms with E-state index in [1.54, 1.807) is 28.0 Å².